The minimum absolute atomic E-state index is 0.121. The van der Waals surface area contributed by atoms with Crippen molar-refractivity contribution in [2.45, 2.75) is 18.2 Å². The van der Waals surface area contributed by atoms with Crippen molar-refractivity contribution in [3.8, 4) is 11.1 Å². The Labute approximate surface area is 174 Å². The number of pyridine rings is 1. The molecule has 1 amide bonds. The van der Waals surface area contributed by atoms with Crippen molar-refractivity contribution in [2.24, 2.45) is 0 Å². The van der Waals surface area contributed by atoms with E-state index >= 15 is 0 Å². The molecule has 1 N–H and O–H groups in total. The second kappa shape index (κ2) is 7.72. The van der Waals surface area contributed by atoms with E-state index in [4.69, 9.17) is 4.98 Å². The van der Waals surface area contributed by atoms with Crippen LogP contribution in [0.15, 0.2) is 71.8 Å². The number of anilines is 1. The second-order valence-electron chi connectivity index (χ2n) is 7.07. The zero-order valence-corrected chi connectivity index (χ0v) is 17.3. The predicted octanol–water partition coefficient (Wildman–Crippen LogP) is 3.35. The maximum Gasteiger partial charge on any atom is 0.221 e. The van der Waals surface area contributed by atoms with Gasteiger partial charge in [0.05, 0.1) is 4.90 Å². The Kier molecular flexibility index (Phi) is 5.09. The van der Waals surface area contributed by atoms with E-state index in [0.717, 1.165) is 22.4 Å². The lowest BCUT2D eigenvalue weighted by molar-refractivity contribution is -0.114. The van der Waals surface area contributed by atoms with Gasteiger partial charge in [-0.2, -0.15) is 5.10 Å². The lowest BCUT2D eigenvalue weighted by Gasteiger charge is -2.04. The smallest absolute Gasteiger partial charge is 0.221 e. The number of carbonyl (C=O) groups is 1. The molecule has 0 aliphatic carbocycles. The number of fused-ring (bicyclic) bond motifs is 1. The summed E-state index contributed by atoms with van der Waals surface area (Å²) in [5.41, 5.74) is 4.13. The highest BCUT2D eigenvalue weighted by Gasteiger charge is 2.12. The Balaban J connectivity index is 1.67. The van der Waals surface area contributed by atoms with Crippen LogP contribution in [0.5, 0.6) is 0 Å². The van der Waals surface area contributed by atoms with Gasteiger partial charge >= 0.3 is 0 Å². The Bertz CT molecular complexity index is 1340. The molecule has 7 nitrogen and oxygen atoms in total. The summed E-state index contributed by atoms with van der Waals surface area (Å²) in [6.45, 7) is 1.47. The molecule has 4 aromatic rings. The van der Waals surface area contributed by atoms with Crippen molar-refractivity contribution in [1.82, 2.24) is 14.6 Å². The molecule has 0 bridgehead atoms. The number of rotatable bonds is 5. The molecule has 0 unspecified atom stereocenters. The minimum atomic E-state index is -3.25. The molecular formula is C22H20N4O3S. The third-order valence-electron chi connectivity index (χ3n) is 4.61. The zero-order chi connectivity index (χ0) is 21.3. The zero-order valence-electron chi connectivity index (χ0n) is 16.5. The van der Waals surface area contributed by atoms with Crippen molar-refractivity contribution >= 4 is 27.1 Å². The number of hydrogen-bond donors (Lipinski definition) is 1. The molecule has 0 fully saturated rings. The van der Waals surface area contributed by atoms with E-state index in [2.05, 4.69) is 10.4 Å². The monoisotopic (exact) mass is 420 g/mol. The van der Waals surface area contributed by atoms with Gasteiger partial charge in [0.25, 0.3) is 0 Å². The van der Waals surface area contributed by atoms with Crippen molar-refractivity contribution in [1.29, 1.82) is 0 Å². The van der Waals surface area contributed by atoms with E-state index in [9.17, 15) is 13.2 Å². The predicted molar refractivity (Wildman–Crippen MR) is 115 cm³/mol. The van der Waals surface area contributed by atoms with Crippen LogP contribution in [0.25, 0.3) is 16.8 Å². The van der Waals surface area contributed by atoms with Crippen LogP contribution in [-0.4, -0.2) is 35.2 Å². The number of nitrogens with one attached hydrogen (secondary N) is 1. The first-order valence-corrected chi connectivity index (χ1v) is 11.2. The van der Waals surface area contributed by atoms with Gasteiger partial charge in [-0.3, -0.25) is 4.79 Å². The average Bonchev–Trinajstić information content (AvgIpc) is 3.09. The summed E-state index contributed by atoms with van der Waals surface area (Å²) < 4.78 is 25.1. The molecule has 30 heavy (non-hydrogen) atoms. The normalized spacial score (nSPS) is 11.5. The first-order chi connectivity index (χ1) is 14.3. The van der Waals surface area contributed by atoms with Crippen LogP contribution < -0.4 is 5.32 Å². The summed E-state index contributed by atoms with van der Waals surface area (Å²) in [5, 5.41) is 7.34. The van der Waals surface area contributed by atoms with E-state index in [0.29, 0.717) is 17.9 Å². The Morgan fingerprint density at radius 1 is 1.07 bits per heavy atom. The summed E-state index contributed by atoms with van der Waals surface area (Å²) in [4.78, 5) is 16.2. The standard InChI is InChI=1S/C22H20N4O3S/c1-15(27)23-18-6-3-5-16(13-18)14-21-24-22-20(7-4-12-26(22)25-21)17-8-10-19(11-9-17)30(2,28)29/h3-13H,14H2,1-2H3,(H,23,27). The van der Waals surface area contributed by atoms with Gasteiger partial charge in [0, 0.05) is 37.0 Å². The van der Waals surface area contributed by atoms with Crippen LogP contribution in [0, 0.1) is 0 Å². The molecule has 2 heterocycles. The number of nitrogens with zero attached hydrogens (tertiary/aromatic N) is 3. The molecule has 0 saturated heterocycles. The average molecular weight is 420 g/mol. The first kappa shape index (κ1) is 19.8. The minimum Gasteiger partial charge on any atom is -0.326 e. The van der Waals surface area contributed by atoms with Gasteiger partial charge in [0.15, 0.2) is 21.3 Å². The van der Waals surface area contributed by atoms with Crippen molar-refractivity contribution in [3.05, 3.63) is 78.2 Å². The van der Waals surface area contributed by atoms with E-state index in [1.54, 1.807) is 28.8 Å². The van der Waals surface area contributed by atoms with Gasteiger partial charge in [0.2, 0.25) is 5.91 Å². The highest BCUT2D eigenvalue weighted by molar-refractivity contribution is 7.90. The number of hydrogen-bond acceptors (Lipinski definition) is 5. The van der Waals surface area contributed by atoms with Crippen LogP contribution in [-0.2, 0) is 21.1 Å². The Hall–Kier alpha value is -3.52. The fraction of sp³-hybridized carbons (Fsp3) is 0.136. The molecule has 2 aromatic carbocycles. The molecule has 0 aliphatic heterocycles. The number of benzene rings is 2. The molecular weight excluding hydrogens is 400 g/mol. The summed E-state index contributed by atoms with van der Waals surface area (Å²) in [6.07, 6.45) is 3.53. The second-order valence-corrected chi connectivity index (χ2v) is 9.09. The van der Waals surface area contributed by atoms with Gasteiger partial charge in [-0.05, 0) is 47.5 Å². The van der Waals surface area contributed by atoms with Crippen LogP contribution in [0.1, 0.15) is 18.3 Å². The van der Waals surface area contributed by atoms with E-state index in [-0.39, 0.29) is 10.8 Å². The van der Waals surface area contributed by atoms with E-state index < -0.39 is 9.84 Å². The molecule has 2 aromatic heterocycles. The van der Waals surface area contributed by atoms with Crippen molar-refractivity contribution in [3.63, 3.8) is 0 Å². The van der Waals surface area contributed by atoms with Gasteiger partial charge in [-0.25, -0.2) is 17.9 Å². The van der Waals surface area contributed by atoms with Crippen molar-refractivity contribution < 1.29 is 13.2 Å². The summed E-state index contributed by atoms with van der Waals surface area (Å²) in [7, 11) is -3.25. The van der Waals surface area contributed by atoms with Gasteiger partial charge < -0.3 is 5.32 Å². The third-order valence-corrected chi connectivity index (χ3v) is 5.74. The highest BCUT2D eigenvalue weighted by Crippen LogP contribution is 2.25. The van der Waals surface area contributed by atoms with E-state index in [1.807, 2.05) is 42.6 Å². The molecule has 4 rings (SSSR count). The van der Waals surface area contributed by atoms with Crippen molar-refractivity contribution in [2.75, 3.05) is 11.6 Å². The van der Waals surface area contributed by atoms with Gasteiger partial charge in [0.1, 0.15) is 0 Å². The fourth-order valence-corrected chi connectivity index (χ4v) is 3.91. The third kappa shape index (κ3) is 4.23. The molecule has 0 radical (unpaired) electrons. The Morgan fingerprint density at radius 2 is 1.83 bits per heavy atom. The summed E-state index contributed by atoms with van der Waals surface area (Å²) in [5.74, 6) is 0.528. The number of aromatic nitrogens is 3. The summed E-state index contributed by atoms with van der Waals surface area (Å²) in [6, 6.07) is 18.1. The van der Waals surface area contributed by atoms with E-state index in [1.165, 1.54) is 13.2 Å². The van der Waals surface area contributed by atoms with Gasteiger partial charge in [-0.15, -0.1) is 0 Å². The molecule has 8 heteroatoms. The van der Waals surface area contributed by atoms with Crippen LogP contribution in [0.2, 0.25) is 0 Å². The molecule has 0 spiro atoms. The van der Waals surface area contributed by atoms with Gasteiger partial charge in [-0.1, -0.05) is 24.3 Å². The molecule has 152 valence electrons. The van der Waals surface area contributed by atoms with Crippen LogP contribution in [0.4, 0.5) is 5.69 Å². The number of amides is 1. The largest absolute Gasteiger partial charge is 0.326 e. The maximum atomic E-state index is 11.7. The fourth-order valence-electron chi connectivity index (χ4n) is 3.28. The number of sulfone groups is 1. The van der Waals surface area contributed by atoms with Crippen LogP contribution >= 0.6 is 0 Å². The lowest BCUT2D eigenvalue weighted by Crippen LogP contribution is -2.06. The quantitative estimate of drug-likeness (QED) is 0.534. The summed E-state index contributed by atoms with van der Waals surface area (Å²) >= 11 is 0. The highest BCUT2D eigenvalue weighted by atomic mass is 32.2. The maximum absolute atomic E-state index is 11.7. The lowest BCUT2D eigenvalue weighted by atomic mass is 10.1. The van der Waals surface area contributed by atoms with Crippen LogP contribution in [0.3, 0.4) is 0 Å². The SMILES string of the molecule is CC(=O)Nc1cccc(Cc2nc3c(-c4ccc(S(C)(=O)=O)cc4)cccn3n2)c1. The molecule has 0 aliphatic rings. The molecule has 0 saturated carbocycles. The number of carbonyl (C=O) groups excluding carboxylic acids is 1. The molecule has 0 atom stereocenters. The Morgan fingerprint density at radius 3 is 2.53 bits per heavy atom. The first-order valence-electron chi connectivity index (χ1n) is 9.31. The topological polar surface area (TPSA) is 93.4 Å².